The lowest BCUT2D eigenvalue weighted by atomic mass is 9.93. The van der Waals surface area contributed by atoms with Crippen LogP contribution in [0.5, 0.6) is 0 Å². The Balaban J connectivity index is 2.37. The van der Waals surface area contributed by atoms with Crippen LogP contribution in [0.1, 0.15) is 32.3 Å². The Hall–Kier alpha value is -1.99. The predicted octanol–water partition coefficient (Wildman–Crippen LogP) is 3.25. The van der Waals surface area contributed by atoms with Gasteiger partial charge in [0.25, 0.3) is 0 Å². The third kappa shape index (κ3) is 2.31. The van der Waals surface area contributed by atoms with Crippen LogP contribution in [-0.4, -0.2) is 10.8 Å². The number of nitrogens with zero attached hydrogens (tertiary/aromatic N) is 2. The third-order valence-corrected chi connectivity index (χ3v) is 3.72. The van der Waals surface area contributed by atoms with Crippen molar-refractivity contribution in [3.8, 4) is 6.07 Å². The highest BCUT2D eigenvalue weighted by molar-refractivity contribution is 7.11. The molecule has 1 heterocycles. The highest BCUT2D eigenvalue weighted by atomic mass is 32.1. The number of benzene rings is 1. The van der Waals surface area contributed by atoms with Crippen LogP contribution in [0.2, 0.25) is 0 Å². The Morgan fingerprint density at radius 1 is 1.39 bits per heavy atom. The summed E-state index contributed by atoms with van der Waals surface area (Å²) in [6.07, 6.45) is 1.51. The molecule has 0 spiro atoms. The van der Waals surface area contributed by atoms with E-state index in [2.05, 4.69) is 11.1 Å². The van der Waals surface area contributed by atoms with Crippen LogP contribution < -0.4 is 0 Å². The molecule has 0 aliphatic carbocycles. The molecular weight excluding hydrogens is 244 g/mol. The van der Waals surface area contributed by atoms with Crippen LogP contribution in [0, 0.1) is 25.2 Å². The molecule has 4 heteroatoms. The average molecular weight is 256 g/mol. The number of thiazole rings is 1. The smallest absolute Gasteiger partial charge is 0.195 e. The lowest BCUT2D eigenvalue weighted by molar-refractivity contribution is 0.0982. The van der Waals surface area contributed by atoms with Crippen molar-refractivity contribution in [2.24, 2.45) is 0 Å². The average Bonchev–Trinajstić information content (AvgIpc) is 2.88. The van der Waals surface area contributed by atoms with Crippen molar-refractivity contribution in [2.45, 2.75) is 19.8 Å². The van der Waals surface area contributed by atoms with E-state index in [-0.39, 0.29) is 5.78 Å². The van der Waals surface area contributed by atoms with E-state index in [1.807, 2.05) is 32.0 Å². The van der Waals surface area contributed by atoms with Gasteiger partial charge in [-0.3, -0.25) is 9.78 Å². The van der Waals surface area contributed by atoms with Crippen molar-refractivity contribution in [3.63, 3.8) is 0 Å². The van der Waals surface area contributed by atoms with E-state index in [1.165, 1.54) is 17.5 Å². The van der Waals surface area contributed by atoms with Crippen LogP contribution in [0.25, 0.3) is 0 Å². The minimum Gasteiger partial charge on any atom is -0.291 e. The largest absolute Gasteiger partial charge is 0.291 e. The Morgan fingerprint density at radius 3 is 2.72 bits per heavy atom. The summed E-state index contributed by atoms with van der Waals surface area (Å²) in [4.78, 5) is 16.6. The first-order chi connectivity index (χ1) is 8.63. The van der Waals surface area contributed by atoms with Gasteiger partial charge in [-0.25, -0.2) is 0 Å². The molecular formula is C14H12N2OS. The minimum atomic E-state index is -0.746. The molecule has 0 saturated carbocycles. The van der Waals surface area contributed by atoms with E-state index in [9.17, 15) is 10.1 Å². The number of aryl methyl sites for hydroxylation is 2. The third-order valence-electron chi connectivity index (χ3n) is 2.93. The lowest BCUT2D eigenvalue weighted by Gasteiger charge is -2.09. The molecule has 0 aliphatic heterocycles. The Labute approximate surface area is 110 Å². The second kappa shape index (κ2) is 5.11. The highest BCUT2D eigenvalue weighted by Crippen LogP contribution is 2.24. The molecule has 0 N–H and O–H groups in total. The first kappa shape index (κ1) is 12.5. The number of aromatic nitrogens is 1. The molecule has 1 aromatic carbocycles. The van der Waals surface area contributed by atoms with Gasteiger partial charge in [0.05, 0.1) is 16.5 Å². The molecule has 0 bridgehead atoms. The van der Waals surface area contributed by atoms with Gasteiger partial charge >= 0.3 is 0 Å². The highest BCUT2D eigenvalue weighted by Gasteiger charge is 2.23. The molecule has 90 valence electrons. The Bertz CT molecular complexity index is 611. The number of Topliss-reactive ketones (excluding diaryl/α,β-unsaturated/α-hetero) is 1. The van der Waals surface area contributed by atoms with Crippen molar-refractivity contribution in [2.75, 3.05) is 0 Å². The van der Waals surface area contributed by atoms with E-state index in [1.54, 1.807) is 5.51 Å². The van der Waals surface area contributed by atoms with Crippen molar-refractivity contribution in [3.05, 3.63) is 51.5 Å². The monoisotopic (exact) mass is 256 g/mol. The fraction of sp³-hybridized carbons (Fsp3) is 0.214. The summed E-state index contributed by atoms with van der Waals surface area (Å²) in [5, 5.41) is 9.22. The standard InChI is InChI=1S/C14H12N2OS/c1-9-3-4-11(5-10(9)2)12(6-15)14(17)13-7-16-8-18-13/h3-5,7-8,12H,1-2H3. The first-order valence-electron chi connectivity index (χ1n) is 5.53. The summed E-state index contributed by atoms with van der Waals surface area (Å²) in [5.41, 5.74) is 4.59. The topological polar surface area (TPSA) is 53.8 Å². The summed E-state index contributed by atoms with van der Waals surface area (Å²) >= 11 is 1.26. The second-order valence-electron chi connectivity index (χ2n) is 4.14. The Morgan fingerprint density at radius 2 is 2.17 bits per heavy atom. The van der Waals surface area contributed by atoms with Gasteiger partial charge in [-0.05, 0) is 30.5 Å². The van der Waals surface area contributed by atoms with Gasteiger partial charge in [0, 0.05) is 6.20 Å². The maximum Gasteiger partial charge on any atom is 0.195 e. The summed E-state index contributed by atoms with van der Waals surface area (Å²) in [5.74, 6) is -0.923. The van der Waals surface area contributed by atoms with Crippen molar-refractivity contribution < 1.29 is 4.79 Å². The summed E-state index contributed by atoms with van der Waals surface area (Å²) in [7, 11) is 0. The predicted molar refractivity (Wildman–Crippen MR) is 70.7 cm³/mol. The normalized spacial score (nSPS) is 11.8. The fourth-order valence-corrected chi connectivity index (χ4v) is 2.30. The zero-order valence-corrected chi connectivity index (χ0v) is 11.0. The Kier molecular flexibility index (Phi) is 3.54. The van der Waals surface area contributed by atoms with Crippen LogP contribution in [0.15, 0.2) is 29.9 Å². The first-order valence-corrected chi connectivity index (χ1v) is 6.41. The molecule has 1 atom stereocenters. The van der Waals surface area contributed by atoms with Gasteiger partial charge in [0.15, 0.2) is 5.78 Å². The van der Waals surface area contributed by atoms with E-state index in [0.29, 0.717) is 4.88 Å². The molecule has 1 aromatic heterocycles. The molecule has 2 rings (SSSR count). The fourth-order valence-electron chi connectivity index (χ4n) is 1.71. The maximum atomic E-state index is 12.2. The minimum absolute atomic E-state index is 0.178. The molecule has 3 nitrogen and oxygen atoms in total. The molecule has 0 saturated heterocycles. The van der Waals surface area contributed by atoms with E-state index in [4.69, 9.17) is 0 Å². The molecule has 18 heavy (non-hydrogen) atoms. The van der Waals surface area contributed by atoms with Gasteiger partial charge in [-0.1, -0.05) is 18.2 Å². The number of hydrogen-bond acceptors (Lipinski definition) is 4. The van der Waals surface area contributed by atoms with Gasteiger partial charge in [-0.15, -0.1) is 11.3 Å². The molecule has 0 amide bonds. The maximum absolute atomic E-state index is 12.2. The number of nitriles is 1. The van der Waals surface area contributed by atoms with Crippen LogP contribution >= 0.6 is 11.3 Å². The number of carbonyl (C=O) groups excluding carboxylic acids is 1. The zero-order chi connectivity index (χ0) is 13.1. The van der Waals surface area contributed by atoms with Crippen molar-refractivity contribution in [1.29, 1.82) is 5.26 Å². The van der Waals surface area contributed by atoms with Crippen LogP contribution in [-0.2, 0) is 0 Å². The summed E-state index contributed by atoms with van der Waals surface area (Å²) in [6, 6.07) is 7.77. The lowest BCUT2D eigenvalue weighted by Crippen LogP contribution is -2.10. The zero-order valence-electron chi connectivity index (χ0n) is 10.2. The molecule has 0 radical (unpaired) electrons. The van der Waals surface area contributed by atoms with Gasteiger partial charge in [0.2, 0.25) is 0 Å². The molecule has 2 aromatic rings. The molecule has 0 fully saturated rings. The van der Waals surface area contributed by atoms with Crippen LogP contribution in [0.3, 0.4) is 0 Å². The molecule has 1 unspecified atom stereocenters. The number of hydrogen-bond donors (Lipinski definition) is 0. The van der Waals surface area contributed by atoms with E-state index < -0.39 is 5.92 Å². The summed E-state index contributed by atoms with van der Waals surface area (Å²) in [6.45, 7) is 3.98. The van der Waals surface area contributed by atoms with Crippen molar-refractivity contribution in [1.82, 2.24) is 4.98 Å². The van der Waals surface area contributed by atoms with Gasteiger partial charge < -0.3 is 0 Å². The number of ketones is 1. The quantitative estimate of drug-likeness (QED) is 0.792. The van der Waals surface area contributed by atoms with Gasteiger partial charge in [-0.2, -0.15) is 5.26 Å². The van der Waals surface area contributed by atoms with Crippen LogP contribution in [0.4, 0.5) is 0 Å². The second-order valence-corrected chi connectivity index (χ2v) is 5.02. The van der Waals surface area contributed by atoms with Crippen molar-refractivity contribution >= 4 is 17.1 Å². The van der Waals surface area contributed by atoms with E-state index >= 15 is 0 Å². The number of rotatable bonds is 3. The summed E-state index contributed by atoms with van der Waals surface area (Å²) < 4.78 is 0. The van der Waals surface area contributed by atoms with Gasteiger partial charge in [0.1, 0.15) is 5.92 Å². The number of carbonyl (C=O) groups is 1. The van der Waals surface area contributed by atoms with E-state index in [0.717, 1.165) is 16.7 Å². The molecule has 0 aliphatic rings. The SMILES string of the molecule is Cc1ccc(C(C#N)C(=O)c2cncs2)cc1C.